The van der Waals surface area contributed by atoms with Gasteiger partial charge in [-0.1, -0.05) is 19.4 Å². The maximum atomic E-state index is 12.5. The van der Waals surface area contributed by atoms with E-state index in [9.17, 15) is 14.4 Å². The zero-order valence-corrected chi connectivity index (χ0v) is 13.5. The van der Waals surface area contributed by atoms with Gasteiger partial charge in [-0.2, -0.15) is 0 Å². The number of benzene rings is 1. The van der Waals surface area contributed by atoms with Crippen molar-refractivity contribution in [2.45, 2.75) is 19.8 Å². The molecule has 1 aliphatic heterocycles. The van der Waals surface area contributed by atoms with Gasteiger partial charge in [0.25, 0.3) is 11.8 Å². The van der Waals surface area contributed by atoms with Crippen molar-refractivity contribution < 1.29 is 14.4 Å². The van der Waals surface area contributed by atoms with E-state index in [1.807, 2.05) is 0 Å². The second-order valence-corrected chi connectivity index (χ2v) is 5.62. The Bertz CT molecular complexity index is 566. The predicted molar refractivity (Wildman–Crippen MR) is 87.2 cm³/mol. The van der Waals surface area contributed by atoms with Gasteiger partial charge in [-0.3, -0.25) is 14.4 Å². The molecule has 3 amide bonds. The van der Waals surface area contributed by atoms with Crippen LogP contribution in [0.2, 0.25) is 0 Å². The summed E-state index contributed by atoms with van der Waals surface area (Å²) in [6.07, 6.45) is 2.76. The molecule has 6 nitrogen and oxygen atoms in total. The average Bonchev–Trinajstić information content (AvgIpc) is 2.61. The van der Waals surface area contributed by atoms with E-state index < -0.39 is 0 Å². The number of hydrogen-bond donors (Lipinski definition) is 1. The van der Waals surface area contributed by atoms with Gasteiger partial charge in [-0.15, -0.1) is 0 Å². The summed E-state index contributed by atoms with van der Waals surface area (Å²) in [6, 6.07) is 6.79. The average molecular weight is 317 g/mol. The van der Waals surface area contributed by atoms with Crippen molar-refractivity contribution >= 4 is 18.2 Å². The molecular formula is C17H23N3O3. The number of amides is 3. The van der Waals surface area contributed by atoms with E-state index in [0.29, 0.717) is 43.9 Å². The predicted octanol–water partition coefficient (Wildman–Crippen LogP) is 1.13. The van der Waals surface area contributed by atoms with Crippen molar-refractivity contribution in [2.75, 3.05) is 32.7 Å². The zero-order valence-electron chi connectivity index (χ0n) is 13.5. The first-order chi connectivity index (χ1) is 11.2. The Morgan fingerprint density at radius 3 is 2.52 bits per heavy atom. The number of carbonyl (C=O) groups excluding carboxylic acids is 3. The topological polar surface area (TPSA) is 69.7 Å². The Morgan fingerprint density at radius 2 is 1.87 bits per heavy atom. The lowest BCUT2D eigenvalue weighted by molar-refractivity contribution is -0.119. The number of hydrogen-bond acceptors (Lipinski definition) is 3. The van der Waals surface area contributed by atoms with E-state index in [1.54, 1.807) is 34.1 Å². The molecule has 0 aliphatic carbocycles. The van der Waals surface area contributed by atoms with Crippen LogP contribution in [-0.2, 0) is 4.79 Å². The minimum atomic E-state index is -0.154. The fourth-order valence-electron chi connectivity index (χ4n) is 2.49. The van der Waals surface area contributed by atoms with Gasteiger partial charge in [-0.05, 0) is 24.6 Å². The van der Waals surface area contributed by atoms with Crippen LogP contribution in [0, 0.1) is 0 Å². The summed E-state index contributed by atoms with van der Waals surface area (Å²) < 4.78 is 0. The van der Waals surface area contributed by atoms with Crippen LogP contribution in [0.3, 0.4) is 0 Å². The highest BCUT2D eigenvalue weighted by molar-refractivity contribution is 5.99. The summed E-state index contributed by atoms with van der Waals surface area (Å²) in [4.78, 5) is 38.7. The molecule has 124 valence electrons. The SMILES string of the molecule is CCCCNC(=O)c1cccc(C(=O)N2CCN(C=O)CC2)c1. The largest absolute Gasteiger partial charge is 0.352 e. The third-order valence-electron chi connectivity index (χ3n) is 3.94. The molecule has 1 aliphatic rings. The normalized spacial score (nSPS) is 14.5. The Labute approximate surface area is 136 Å². The lowest BCUT2D eigenvalue weighted by Gasteiger charge is -2.32. The van der Waals surface area contributed by atoms with Crippen molar-refractivity contribution in [3.8, 4) is 0 Å². The summed E-state index contributed by atoms with van der Waals surface area (Å²) in [6.45, 7) is 4.84. The number of unbranched alkanes of at least 4 members (excludes halogenated alkanes) is 1. The quantitative estimate of drug-likeness (QED) is 0.632. The fourth-order valence-corrected chi connectivity index (χ4v) is 2.49. The van der Waals surface area contributed by atoms with E-state index in [4.69, 9.17) is 0 Å². The van der Waals surface area contributed by atoms with Gasteiger partial charge in [0.05, 0.1) is 0 Å². The highest BCUT2D eigenvalue weighted by atomic mass is 16.2. The number of piperazine rings is 1. The highest BCUT2D eigenvalue weighted by Crippen LogP contribution is 2.11. The van der Waals surface area contributed by atoms with Crippen LogP contribution in [0.4, 0.5) is 0 Å². The Hall–Kier alpha value is -2.37. The van der Waals surface area contributed by atoms with Gasteiger partial charge < -0.3 is 15.1 Å². The Balaban J connectivity index is 2.00. The minimum absolute atomic E-state index is 0.0984. The number of rotatable bonds is 6. The van der Waals surface area contributed by atoms with Gasteiger partial charge in [0.2, 0.25) is 6.41 Å². The molecule has 0 radical (unpaired) electrons. The first-order valence-electron chi connectivity index (χ1n) is 8.02. The van der Waals surface area contributed by atoms with E-state index in [1.165, 1.54) is 0 Å². The van der Waals surface area contributed by atoms with Gasteiger partial charge >= 0.3 is 0 Å². The minimum Gasteiger partial charge on any atom is -0.352 e. The van der Waals surface area contributed by atoms with Crippen molar-refractivity contribution in [3.63, 3.8) is 0 Å². The zero-order chi connectivity index (χ0) is 16.7. The molecule has 0 bridgehead atoms. The van der Waals surface area contributed by atoms with E-state index in [2.05, 4.69) is 12.2 Å². The number of carbonyl (C=O) groups is 3. The summed E-state index contributed by atoms with van der Waals surface area (Å²) in [5, 5.41) is 2.85. The lowest BCUT2D eigenvalue weighted by atomic mass is 10.1. The second-order valence-electron chi connectivity index (χ2n) is 5.62. The summed E-state index contributed by atoms with van der Waals surface area (Å²) in [5.41, 5.74) is 1.01. The number of nitrogens with zero attached hydrogens (tertiary/aromatic N) is 2. The van der Waals surface area contributed by atoms with Gasteiger partial charge in [0.15, 0.2) is 0 Å². The molecule has 0 atom stereocenters. The van der Waals surface area contributed by atoms with Gasteiger partial charge in [0.1, 0.15) is 0 Å². The third-order valence-corrected chi connectivity index (χ3v) is 3.94. The molecule has 1 aromatic carbocycles. The van der Waals surface area contributed by atoms with Crippen LogP contribution >= 0.6 is 0 Å². The van der Waals surface area contributed by atoms with Crippen LogP contribution in [0.25, 0.3) is 0 Å². The van der Waals surface area contributed by atoms with E-state index in [0.717, 1.165) is 19.3 Å². The summed E-state index contributed by atoms with van der Waals surface area (Å²) >= 11 is 0. The molecule has 1 N–H and O–H groups in total. The molecule has 0 spiro atoms. The maximum Gasteiger partial charge on any atom is 0.253 e. The van der Waals surface area contributed by atoms with E-state index >= 15 is 0 Å². The van der Waals surface area contributed by atoms with Crippen LogP contribution in [0.5, 0.6) is 0 Å². The van der Waals surface area contributed by atoms with Crippen LogP contribution in [0.15, 0.2) is 24.3 Å². The molecule has 1 heterocycles. The molecule has 0 saturated carbocycles. The Kier molecular flexibility index (Phi) is 6.14. The monoisotopic (exact) mass is 317 g/mol. The van der Waals surface area contributed by atoms with Gasteiger partial charge in [0, 0.05) is 43.9 Å². The molecular weight excluding hydrogens is 294 g/mol. The molecule has 6 heteroatoms. The van der Waals surface area contributed by atoms with Crippen molar-refractivity contribution in [1.29, 1.82) is 0 Å². The highest BCUT2D eigenvalue weighted by Gasteiger charge is 2.21. The van der Waals surface area contributed by atoms with Crippen molar-refractivity contribution in [2.24, 2.45) is 0 Å². The van der Waals surface area contributed by atoms with Gasteiger partial charge in [-0.25, -0.2) is 0 Å². The molecule has 2 rings (SSSR count). The van der Waals surface area contributed by atoms with Crippen LogP contribution in [-0.4, -0.2) is 60.7 Å². The molecule has 1 saturated heterocycles. The molecule has 0 unspecified atom stereocenters. The number of nitrogens with one attached hydrogen (secondary N) is 1. The molecule has 0 aromatic heterocycles. The summed E-state index contributed by atoms with van der Waals surface area (Å²) in [5.74, 6) is -0.252. The fraction of sp³-hybridized carbons (Fsp3) is 0.471. The lowest BCUT2D eigenvalue weighted by Crippen LogP contribution is -2.48. The molecule has 1 fully saturated rings. The second kappa shape index (κ2) is 8.31. The first-order valence-corrected chi connectivity index (χ1v) is 8.02. The van der Waals surface area contributed by atoms with Crippen molar-refractivity contribution in [1.82, 2.24) is 15.1 Å². The molecule has 1 aromatic rings. The molecule has 23 heavy (non-hydrogen) atoms. The Morgan fingerprint density at radius 1 is 1.17 bits per heavy atom. The van der Waals surface area contributed by atoms with E-state index in [-0.39, 0.29) is 11.8 Å². The smallest absolute Gasteiger partial charge is 0.253 e. The first kappa shape index (κ1) is 17.0. The third kappa shape index (κ3) is 4.55. The summed E-state index contributed by atoms with van der Waals surface area (Å²) in [7, 11) is 0. The maximum absolute atomic E-state index is 12.5. The van der Waals surface area contributed by atoms with Crippen LogP contribution < -0.4 is 5.32 Å². The van der Waals surface area contributed by atoms with Crippen LogP contribution in [0.1, 0.15) is 40.5 Å². The standard InChI is InChI=1S/C17H23N3O3/c1-2-3-7-18-16(22)14-5-4-6-15(12-14)17(23)20-10-8-19(13-21)9-11-20/h4-6,12-13H,2-3,7-11H2,1H3,(H,18,22). The van der Waals surface area contributed by atoms with Crippen molar-refractivity contribution in [3.05, 3.63) is 35.4 Å².